The number of rotatable bonds is 7. The molecule has 0 aliphatic rings. The Morgan fingerprint density at radius 3 is 2.35 bits per heavy atom. The summed E-state index contributed by atoms with van der Waals surface area (Å²) in [6, 6.07) is 15.7. The van der Waals surface area contributed by atoms with Crippen molar-refractivity contribution < 1.29 is 22.7 Å². The van der Waals surface area contributed by atoms with E-state index in [0.29, 0.717) is 39.3 Å². The third-order valence-corrected chi connectivity index (χ3v) is 6.60. The Morgan fingerprint density at radius 1 is 1.05 bits per heavy atom. The standard InChI is InChI=1S/C25H19Cl2F3N8O2/c1-37-20-10-18(26)19(27)11-21(20)38(24(37)32-16-6-8-17(9-7-16)40-25(28,29)30)13-14-2-4-15(5-3-14)23(39)31-12-22-33-35-36-34-22/h2-11H,12-13H2,1H3,(H,31,39)(H,33,34,35,36)/b32-24-. The van der Waals surface area contributed by atoms with Gasteiger partial charge in [-0.3, -0.25) is 4.79 Å². The summed E-state index contributed by atoms with van der Waals surface area (Å²) < 4.78 is 45.3. The molecule has 0 spiro atoms. The molecule has 5 aromatic rings. The van der Waals surface area contributed by atoms with E-state index < -0.39 is 6.36 Å². The van der Waals surface area contributed by atoms with Crippen molar-refractivity contribution in [2.45, 2.75) is 19.5 Å². The lowest BCUT2D eigenvalue weighted by Crippen LogP contribution is -2.25. The molecule has 0 unspecified atom stereocenters. The number of H-pyrrole nitrogens is 1. The van der Waals surface area contributed by atoms with Gasteiger partial charge >= 0.3 is 6.36 Å². The first-order valence-electron chi connectivity index (χ1n) is 11.6. The van der Waals surface area contributed by atoms with Crippen molar-refractivity contribution in [2.75, 3.05) is 0 Å². The van der Waals surface area contributed by atoms with Gasteiger partial charge in [-0.25, -0.2) is 10.1 Å². The van der Waals surface area contributed by atoms with Crippen molar-refractivity contribution in [3.8, 4) is 5.75 Å². The van der Waals surface area contributed by atoms with Crippen LogP contribution in [0.15, 0.2) is 65.7 Å². The minimum Gasteiger partial charge on any atom is -0.406 e. The maximum atomic E-state index is 12.5. The lowest BCUT2D eigenvalue weighted by atomic mass is 10.1. The number of hydrogen-bond donors (Lipinski definition) is 2. The highest BCUT2D eigenvalue weighted by Gasteiger charge is 2.31. The summed E-state index contributed by atoms with van der Waals surface area (Å²) in [5.41, 5.74) is 3.66. The van der Waals surface area contributed by atoms with Gasteiger partial charge in [0.2, 0.25) is 5.62 Å². The highest BCUT2D eigenvalue weighted by Crippen LogP contribution is 2.28. The number of alkyl halides is 3. The first-order valence-corrected chi connectivity index (χ1v) is 12.4. The highest BCUT2D eigenvalue weighted by molar-refractivity contribution is 6.42. The number of imidazole rings is 1. The Hall–Kier alpha value is -4.36. The van der Waals surface area contributed by atoms with Gasteiger partial charge in [0.05, 0.1) is 39.9 Å². The average molecular weight is 591 g/mol. The minimum atomic E-state index is -4.79. The molecule has 2 heterocycles. The summed E-state index contributed by atoms with van der Waals surface area (Å²) in [4.78, 5) is 17.2. The number of nitrogens with one attached hydrogen (secondary N) is 2. The fraction of sp³-hybridized carbons (Fsp3) is 0.160. The highest BCUT2D eigenvalue weighted by atomic mass is 35.5. The van der Waals surface area contributed by atoms with Crippen LogP contribution in [0.3, 0.4) is 0 Å². The Kier molecular flexibility index (Phi) is 7.50. The topological polar surface area (TPSA) is 115 Å². The Bertz CT molecular complexity index is 1730. The van der Waals surface area contributed by atoms with Crippen LogP contribution < -0.4 is 15.7 Å². The number of carbonyl (C=O) groups is 1. The lowest BCUT2D eigenvalue weighted by Gasteiger charge is -2.09. The van der Waals surface area contributed by atoms with Crippen molar-refractivity contribution in [1.29, 1.82) is 0 Å². The van der Waals surface area contributed by atoms with E-state index in [-0.39, 0.29) is 18.2 Å². The first-order chi connectivity index (χ1) is 19.1. The van der Waals surface area contributed by atoms with Crippen molar-refractivity contribution in [2.24, 2.45) is 12.0 Å². The molecular formula is C25H19Cl2F3N8O2. The number of benzene rings is 3. The number of carbonyl (C=O) groups excluding carboxylic acids is 1. The van der Waals surface area contributed by atoms with E-state index in [1.807, 2.05) is 4.57 Å². The molecule has 0 atom stereocenters. The predicted molar refractivity (Wildman–Crippen MR) is 140 cm³/mol. The molecular weight excluding hydrogens is 572 g/mol. The van der Waals surface area contributed by atoms with Gasteiger partial charge in [0, 0.05) is 12.6 Å². The molecule has 2 N–H and O–H groups in total. The normalized spacial score (nSPS) is 12.2. The van der Waals surface area contributed by atoms with Crippen LogP contribution in [0.1, 0.15) is 21.7 Å². The summed E-state index contributed by atoms with van der Waals surface area (Å²) >= 11 is 12.6. The molecule has 5 rings (SSSR count). The SMILES string of the molecule is Cn1/c(=N/c2ccc(OC(F)(F)F)cc2)n(Cc2ccc(C(=O)NCc3nnn[nH]3)cc2)c2cc(Cl)c(Cl)cc21. The maximum absolute atomic E-state index is 12.5. The zero-order chi connectivity index (χ0) is 28.4. The second-order valence-corrected chi connectivity index (χ2v) is 9.40. The largest absolute Gasteiger partial charge is 0.573 e. The van der Waals surface area contributed by atoms with Crippen LogP contribution in [0.25, 0.3) is 11.0 Å². The number of aryl methyl sites for hydroxylation is 1. The van der Waals surface area contributed by atoms with Crippen molar-refractivity contribution >= 4 is 45.8 Å². The molecule has 2 aromatic heterocycles. The minimum absolute atomic E-state index is 0.150. The zero-order valence-electron chi connectivity index (χ0n) is 20.6. The second-order valence-electron chi connectivity index (χ2n) is 8.58. The van der Waals surface area contributed by atoms with Crippen LogP contribution in [0, 0.1) is 0 Å². The summed E-state index contributed by atoms with van der Waals surface area (Å²) in [5, 5.41) is 16.7. The molecule has 0 radical (unpaired) electrons. The third-order valence-electron chi connectivity index (χ3n) is 5.87. The lowest BCUT2D eigenvalue weighted by molar-refractivity contribution is -0.274. The predicted octanol–water partition coefficient (Wildman–Crippen LogP) is 4.91. The zero-order valence-corrected chi connectivity index (χ0v) is 22.1. The number of aromatic amines is 1. The number of nitrogens with zero attached hydrogens (tertiary/aromatic N) is 6. The van der Waals surface area contributed by atoms with Crippen LogP contribution in [0.4, 0.5) is 18.9 Å². The molecule has 40 heavy (non-hydrogen) atoms. The van der Waals surface area contributed by atoms with Crippen LogP contribution >= 0.6 is 23.2 Å². The van der Waals surface area contributed by atoms with E-state index in [4.69, 9.17) is 23.2 Å². The number of amides is 1. The van der Waals surface area contributed by atoms with E-state index in [2.05, 4.69) is 35.7 Å². The summed E-state index contributed by atoms with van der Waals surface area (Å²) in [6.07, 6.45) is -4.79. The summed E-state index contributed by atoms with van der Waals surface area (Å²) in [6.45, 7) is 0.492. The maximum Gasteiger partial charge on any atom is 0.573 e. The van der Waals surface area contributed by atoms with E-state index in [0.717, 1.165) is 16.6 Å². The fourth-order valence-corrected chi connectivity index (χ4v) is 4.32. The van der Waals surface area contributed by atoms with Crippen molar-refractivity contribution in [3.05, 3.63) is 93.3 Å². The van der Waals surface area contributed by atoms with E-state index in [9.17, 15) is 18.0 Å². The molecule has 0 bridgehead atoms. The van der Waals surface area contributed by atoms with E-state index in [1.165, 1.54) is 24.3 Å². The third kappa shape index (κ3) is 6.10. The molecule has 10 nitrogen and oxygen atoms in total. The van der Waals surface area contributed by atoms with E-state index >= 15 is 0 Å². The Morgan fingerprint density at radius 2 is 1.73 bits per heavy atom. The van der Waals surface area contributed by atoms with Crippen LogP contribution in [-0.4, -0.2) is 42.0 Å². The van der Waals surface area contributed by atoms with Gasteiger partial charge in [0.1, 0.15) is 5.75 Å². The molecule has 3 aromatic carbocycles. The molecule has 1 amide bonds. The van der Waals surface area contributed by atoms with Crippen LogP contribution in [-0.2, 0) is 20.1 Å². The van der Waals surface area contributed by atoms with Gasteiger partial charge < -0.3 is 19.2 Å². The number of ether oxygens (including phenoxy) is 1. The molecule has 0 saturated carbocycles. The summed E-state index contributed by atoms with van der Waals surface area (Å²) in [5.74, 6) is -0.220. The number of halogens is 5. The average Bonchev–Trinajstić information content (AvgIpc) is 3.52. The Labute approximate surface area is 234 Å². The van der Waals surface area contributed by atoms with Crippen molar-refractivity contribution in [3.63, 3.8) is 0 Å². The smallest absolute Gasteiger partial charge is 0.406 e. The van der Waals surface area contributed by atoms with Crippen molar-refractivity contribution in [1.82, 2.24) is 35.1 Å². The Balaban J connectivity index is 1.47. The fourth-order valence-electron chi connectivity index (χ4n) is 4.00. The quantitative estimate of drug-likeness (QED) is 0.279. The molecule has 15 heteroatoms. The first kappa shape index (κ1) is 27.2. The van der Waals surface area contributed by atoms with Gasteiger partial charge in [-0.15, -0.1) is 18.3 Å². The number of aromatic nitrogens is 6. The molecule has 0 aliphatic heterocycles. The number of fused-ring (bicyclic) bond motifs is 1. The van der Waals surface area contributed by atoms with Crippen LogP contribution in [0.2, 0.25) is 10.0 Å². The molecule has 0 aliphatic carbocycles. The van der Waals surface area contributed by atoms with Gasteiger partial charge in [0.15, 0.2) is 5.82 Å². The number of tetrazole rings is 1. The molecule has 0 saturated heterocycles. The molecule has 206 valence electrons. The van der Waals surface area contributed by atoms with E-state index in [1.54, 1.807) is 48.0 Å². The number of hydrogen-bond acceptors (Lipinski definition) is 6. The molecule has 0 fully saturated rings. The second kappa shape index (κ2) is 11.0. The van der Waals surface area contributed by atoms with Gasteiger partial charge in [0.25, 0.3) is 5.91 Å². The summed E-state index contributed by atoms with van der Waals surface area (Å²) in [7, 11) is 1.79. The monoisotopic (exact) mass is 590 g/mol. The van der Waals surface area contributed by atoms with Gasteiger partial charge in [-0.1, -0.05) is 35.3 Å². The van der Waals surface area contributed by atoms with Gasteiger partial charge in [-0.05, 0) is 64.5 Å². The van der Waals surface area contributed by atoms with Gasteiger partial charge in [-0.2, -0.15) is 0 Å². The van der Waals surface area contributed by atoms with Crippen LogP contribution in [0.5, 0.6) is 5.75 Å².